The van der Waals surface area contributed by atoms with Crippen molar-refractivity contribution in [1.29, 1.82) is 0 Å². The molecule has 1 rings (SSSR count). The van der Waals surface area contributed by atoms with Gasteiger partial charge in [0.25, 0.3) is 0 Å². The maximum atomic E-state index is 5.75. The molecule has 1 aliphatic heterocycles. The van der Waals surface area contributed by atoms with Gasteiger partial charge >= 0.3 is 0 Å². The fourth-order valence-electron chi connectivity index (χ4n) is 1.36. The second kappa shape index (κ2) is 4.45. The van der Waals surface area contributed by atoms with Gasteiger partial charge in [0.05, 0.1) is 6.10 Å². The molecule has 0 amide bonds. The van der Waals surface area contributed by atoms with Gasteiger partial charge in [-0.25, -0.2) is 0 Å². The second-order valence-corrected chi connectivity index (χ2v) is 3.32. The fourth-order valence-corrected chi connectivity index (χ4v) is 1.36. The minimum atomic E-state index is 0.0894. The lowest BCUT2D eigenvalue weighted by Crippen LogP contribution is -2.29. The van der Waals surface area contributed by atoms with Crippen molar-refractivity contribution in [2.75, 3.05) is 6.54 Å². The highest BCUT2D eigenvalue weighted by Gasteiger charge is 2.24. The molecule has 0 aliphatic carbocycles. The second-order valence-electron chi connectivity index (χ2n) is 3.32. The Balaban J connectivity index is 2.37. The zero-order valence-corrected chi connectivity index (χ0v) is 7.92. The van der Waals surface area contributed by atoms with Crippen LogP contribution in [0.2, 0.25) is 0 Å². The Hall–Kier alpha value is -0.570. The number of nitrogens with two attached hydrogens (primary N) is 1. The first-order chi connectivity index (χ1) is 5.74. The third-order valence-electron chi connectivity index (χ3n) is 2.08. The zero-order chi connectivity index (χ0) is 8.97. The minimum Gasteiger partial charge on any atom is -0.385 e. The molecule has 0 aromatic rings. The van der Waals surface area contributed by atoms with Crippen molar-refractivity contribution in [3.8, 4) is 0 Å². The molecule has 12 heavy (non-hydrogen) atoms. The predicted octanol–water partition coefficient (Wildman–Crippen LogP) is 1.32. The summed E-state index contributed by atoms with van der Waals surface area (Å²) in [6.07, 6.45) is 3.62. The standard InChI is InChI=1S/C9H18N2O/c1-3-6-11-9(10)8-5-4-7(2)12-8/h7-8H,3-6H2,1-2H3,(H2,10,11). The molecule has 70 valence electrons. The van der Waals surface area contributed by atoms with Gasteiger partial charge in [-0.15, -0.1) is 0 Å². The summed E-state index contributed by atoms with van der Waals surface area (Å²) in [6, 6.07) is 0. The Kier molecular flexibility index (Phi) is 3.53. The third kappa shape index (κ3) is 2.48. The van der Waals surface area contributed by atoms with Crippen molar-refractivity contribution in [3.63, 3.8) is 0 Å². The monoisotopic (exact) mass is 170 g/mol. The number of rotatable bonds is 3. The maximum Gasteiger partial charge on any atom is 0.123 e. The highest BCUT2D eigenvalue weighted by molar-refractivity contribution is 5.85. The normalized spacial score (nSPS) is 31.0. The fraction of sp³-hybridized carbons (Fsp3) is 0.889. The van der Waals surface area contributed by atoms with Crippen LogP contribution in [-0.2, 0) is 4.74 Å². The average molecular weight is 170 g/mol. The lowest BCUT2D eigenvalue weighted by atomic mass is 10.2. The number of aliphatic imine (C=N–C) groups is 1. The molecular weight excluding hydrogens is 152 g/mol. The number of ether oxygens (including phenoxy) is 1. The molecule has 1 saturated heterocycles. The molecule has 1 heterocycles. The van der Waals surface area contributed by atoms with Gasteiger partial charge in [-0.05, 0) is 26.2 Å². The molecular formula is C9H18N2O. The first-order valence-corrected chi connectivity index (χ1v) is 4.69. The Bertz CT molecular complexity index is 168. The van der Waals surface area contributed by atoms with Gasteiger partial charge in [-0.3, -0.25) is 4.99 Å². The number of nitrogens with zero attached hydrogens (tertiary/aromatic N) is 1. The largest absolute Gasteiger partial charge is 0.385 e. The molecule has 1 aliphatic rings. The van der Waals surface area contributed by atoms with Gasteiger partial charge in [0.1, 0.15) is 11.9 Å². The molecule has 2 N–H and O–H groups in total. The van der Waals surface area contributed by atoms with Crippen molar-refractivity contribution in [1.82, 2.24) is 0 Å². The molecule has 0 bridgehead atoms. The smallest absolute Gasteiger partial charge is 0.123 e. The Morgan fingerprint density at radius 2 is 2.33 bits per heavy atom. The summed E-state index contributed by atoms with van der Waals surface area (Å²) in [5.41, 5.74) is 5.75. The van der Waals surface area contributed by atoms with Gasteiger partial charge < -0.3 is 10.5 Å². The van der Waals surface area contributed by atoms with Crippen molar-refractivity contribution in [2.45, 2.75) is 45.3 Å². The van der Waals surface area contributed by atoms with Gasteiger partial charge in [-0.1, -0.05) is 6.92 Å². The van der Waals surface area contributed by atoms with E-state index in [0.29, 0.717) is 11.9 Å². The molecule has 0 aromatic carbocycles. The molecule has 0 saturated carbocycles. The van der Waals surface area contributed by atoms with E-state index in [1.807, 2.05) is 0 Å². The van der Waals surface area contributed by atoms with Crippen molar-refractivity contribution in [3.05, 3.63) is 0 Å². The quantitative estimate of drug-likeness (QED) is 0.513. The molecule has 0 radical (unpaired) electrons. The highest BCUT2D eigenvalue weighted by Crippen LogP contribution is 2.18. The van der Waals surface area contributed by atoms with Crippen molar-refractivity contribution < 1.29 is 4.74 Å². The Morgan fingerprint density at radius 3 is 2.83 bits per heavy atom. The van der Waals surface area contributed by atoms with Crippen LogP contribution in [-0.4, -0.2) is 24.6 Å². The molecule has 3 nitrogen and oxygen atoms in total. The first kappa shape index (κ1) is 9.52. The molecule has 2 atom stereocenters. The van der Waals surface area contributed by atoms with Crippen LogP contribution in [0.5, 0.6) is 0 Å². The maximum absolute atomic E-state index is 5.75. The average Bonchev–Trinajstić information content (AvgIpc) is 2.47. The summed E-state index contributed by atoms with van der Waals surface area (Å²) in [4.78, 5) is 4.23. The van der Waals surface area contributed by atoms with Crippen LogP contribution in [0, 0.1) is 0 Å². The van der Waals surface area contributed by atoms with Crippen LogP contribution in [0.1, 0.15) is 33.1 Å². The lowest BCUT2D eigenvalue weighted by Gasteiger charge is -2.09. The van der Waals surface area contributed by atoms with E-state index in [0.717, 1.165) is 25.8 Å². The Labute approximate surface area is 74.0 Å². The molecule has 0 spiro atoms. The SMILES string of the molecule is CCCN=C(N)C1CCC(C)O1. The molecule has 0 aromatic heterocycles. The summed E-state index contributed by atoms with van der Waals surface area (Å²) in [7, 11) is 0. The van der Waals surface area contributed by atoms with E-state index in [1.165, 1.54) is 0 Å². The Morgan fingerprint density at radius 1 is 1.58 bits per heavy atom. The zero-order valence-electron chi connectivity index (χ0n) is 7.92. The van der Waals surface area contributed by atoms with E-state index in [1.54, 1.807) is 0 Å². The van der Waals surface area contributed by atoms with Gasteiger partial charge in [0.2, 0.25) is 0 Å². The van der Waals surface area contributed by atoms with Crippen LogP contribution < -0.4 is 5.73 Å². The molecule has 1 fully saturated rings. The van der Waals surface area contributed by atoms with Crippen LogP contribution in [0.4, 0.5) is 0 Å². The predicted molar refractivity (Wildman–Crippen MR) is 50.3 cm³/mol. The van der Waals surface area contributed by atoms with Gasteiger partial charge in [-0.2, -0.15) is 0 Å². The van der Waals surface area contributed by atoms with Crippen LogP contribution in [0.15, 0.2) is 4.99 Å². The summed E-state index contributed by atoms with van der Waals surface area (Å²) in [5, 5.41) is 0. The van der Waals surface area contributed by atoms with E-state index < -0.39 is 0 Å². The summed E-state index contributed by atoms with van der Waals surface area (Å²) < 4.78 is 5.56. The number of amidine groups is 1. The first-order valence-electron chi connectivity index (χ1n) is 4.69. The molecule has 3 heteroatoms. The van der Waals surface area contributed by atoms with Crippen LogP contribution >= 0.6 is 0 Å². The lowest BCUT2D eigenvalue weighted by molar-refractivity contribution is 0.0928. The third-order valence-corrected chi connectivity index (χ3v) is 2.08. The van der Waals surface area contributed by atoms with E-state index in [4.69, 9.17) is 10.5 Å². The minimum absolute atomic E-state index is 0.0894. The van der Waals surface area contributed by atoms with E-state index in [9.17, 15) is 0 Å². The van der Waals surface area contributed by atoms with Gasteiger partial charge in [0.15, 0.2) is 0 Å². The van der Waals surface area contributed by atoms with Crippen molar-refractivity contribution in [2.24, 2.45) is 10.7 Å². The van der Waals surface area contributed by atoms with E-state index in [-0.39, 0.29) is 6.10 Å². The van der Waals surface area contributed by atoms with Crippen molar-refractivity contribution >= 4 is 5.84 Å². The van der Waals surface area contributed by atoms with Crippen LogP contribution in [0.25, 0.3) is 0 Å². The summed E-state index contributed by atoms with van der Waals surface area (Å²) in [5.74, 6) is 0.682. The van der Waals surface area contributed by atoms with E-state index >= 15 is 0 Å². The number of hydrogen-bond acceptors (Lipinski definition) is 2. The highest BCUT2D eigenvalue weighted by atomic mass is 16.5. The summed E-state index contributed by atoms with van der Waals surface area (Å²) in [6.45, 7) is 4.99. The van der Waals surface area contributed by atoms with Crippen LogP contribution in [0.3, 0.4) is 0 Å². The number of hydrogen-bond donors (Lipinski definition) is 1. The summed E-state index contributed by atoms with van der Waals surface area (Å²) >= 11 is 0. The molecule has 2 unspecified atom stereocenters. The van der Waals surface area contributed by atoms with E-state index in [2.05, 4.69) is 18.8 Å². The van der Waals surface area contributed by atoms with Gasteiger partial charge in [0, 0.05) is 6.54 Å². The topological polar surface area (TPSA) is 47.6 Å².